The number of hydrogen-bond donors (Lipinski definition) is 3. The molecule has 0 saturated heterocycles. The van der Waals surface area contributed by atoms with E-state index in [-0.39, 0.29) is 11.8 Å². The van der Waals surface area contributed by atoms with E-state index in [4.69, 9.17) is 15.2 Å². The fraction of sp³-hybridized carbons (Fsp3) is 0.174. The molecule has 1 aromatic heterocycles. The predicted octanol–water partition coefficient (Wildman–Crippen LogP) is 3.65. The highest BCUT2D eigenvalue weighted by Crippen LogP contribution is 2.45. The van der Waals surface area contributed by atoms with Gasteiger partial charge in [0.1, 0.15) is 17.4 Å². The van der Waals surface area contributed by atoms with Gasteiger partial charge in [-0.3, -0.25) is 9.89 Å². The highest BCUT2D eigenvalue weighted by atomic mass is 16.5. The number of hydrogen-bond acceptors (Lipinski definition) is 6. The number of nitrogens with one attached hydrogen (secondary N) is 2. The molecule has 0 spiro atoms. The van der Waals surface area contributed by atoms with Gasteiger partial charge in [-0.2, -0.15) is 5.26 Å². The molecule has 4 rings (SSSR count). The number of ether oxygens (including phenoxy) is 2. The van der Waals surface area contributed by atoms with E-state index in [9.17, 15) is 10.1 Å². The van der Waals surface area contributed by atoms with Crippen molar-refractivity contribution < 1.29 is 14.3 Å². The smallest absolute Gasteiger partial charge is 0.244 e. The number of aromatic nitrogens is 2. The number of fused-ring (bicyclic) bond motifs is 1. The average molecular weight is 415 g/mol. The number of carbonyl (C=O) groups excluding carboxylic acids is 1. The van der Waals surface area contributed by atoms with Gasteiger partial charge >= 0.3 is 0 Å². The first-order valence-corrected chi connectivity index (χ1v) is 9.78. The lowest BCUT2D eigenvalue weighted by Gasteiger charge is -2.24. The van der Waals surface area contributed by atoms with Gasteiger partial charge in [0.25, 0.3) is 0 Å². The van der Waals surface area contributed by atoms with E-state index >= 15 is 0 Å². The van der Waals surface area contributed by atoms with Gasteiger partial charge in [-0.05, 0) is 48.9 Å². The Labute approximate surface area is 179 Å². The number of carbonyl (C=O) groups is 1. The van der Waals surface area contributed by atoms with E-state index in [1.807, 2.05) is 43.3 Å². The summed E-state index contributed by atoms with van der Waals surface area (Å²) in [6.07, 6.45) is 0. The quantitative estimate of drug-likeness (QED) is 0.584. The van der Waals surface area contributed by atoms with Crippen molar-refractivity contribution in [2.75, 3.05) is 11.9 Å². The van der Waals surface area contributed by atoms with Gasteiger partial charge < -0.3 is 20.5 Å². The van der Waals surface area contributed by atoms with Crippen molar-refractivity contribution in [2.24, 2.45) is 5.73 Å². The molecule has 0 radical (unpaired) electrons. The Morgan fingerprint density at radius 1 is 1.26 bits per heavy atom. The minimum absolute atomic E-state index is 0.0238. The van der Waals surface area contributed by atoms with Crippen LogP contribution < -0.4 is 20.5 Å². The topological polar surface area (TPSA) is 126 Å². The summed E-state index contributed by atoms with van der Waals surface area (Å²) in [5.41, 5.74) is 10.2. The molecule has 31 heavy (non-hydrogen) atoms. The Kier molecular flexibility index (Phi) is 5.33. The highest BCUT2D eigenvalue weighted by molar-refractivity contribution is 5.88. The number of H-pyrrole nitrogens is 1. The maximum atomic E-state index is 11.3. The van der Waals surface area contributed by atoms with Crippen molar-refractivity contribution in [3.63, 3.8) is 0 Å². The molecule has 1 aliphatic heterocycles. The first-order chi connectivity index (χ1) is 15.0. The Balaban J connectivity index is 1.80. The summed E-state index contributed by atoms with van der Waals surface area (Å²) in [5.74, 6) is 0.492. The molecule has 2 heterocycles. The van der Waals surface area contributed by atoms with Crippen LogP contribution >= 0.6 is 0 Å². The monoisotopic (exact) mass is 415 g/mol. The van der Waals surface area contributed by atoms with E-state index in [2.05, 4.69) is 21.6 Å². The lowest BCUT2D eigenvalue weighted by Crippen LogP contribution is -2.21. The number of nitriles is 1. The van der Waals surface area contributed by atoms with E-state index in [0.29, 0.717) is 23.7 Å². The van der Waals surface area contributed by atoms with Crippen molar-refractivity contribution in [1.29, 1.82) is 5.26 Å². The summed E-state index contributed by atoms with van der Waals surface area (Å²) < 4.78 is 11.2. The molecule has 0 fully saturated rings. The second-order valence-corrected chi connectivity index (χ2v) is 7.00. The number of amides is 1. The zero-order valence-corrected chi connectivity index (χ0v) is 17.1. The van der Waals surface area contributed by atoms with E-state index in [0.717, 1.165) is 28.1 Å². The van der Waals surface area contributed by atoms with Gasteiger partial charge in [-0.15, -0.1) is 5.10 Å². The summed E-state index contributed by atoms with van der Waals surface area (Å²) in [6, 6.07) is 17.1. The average Bonchev–Trinajstić information content (AvgIpc) is 3.17. The molecule has 0 bridgehead atoms. The van der Waals surface area contributed by atoms with E-state index < -0.39 is 5.92 Å². The maximum Gasteiger partial charge on any atom is 0.244 e. The zero-order chi connectivity index (χ0) is 22.0. The molecule has 3 aromatic rings. The molecule has 2 aromatic carbocycles. The number of nitrogens with zero attached hydrogens (tertiary/aromatic N) is 2. The molecule has 0 aliphatic carbocycles. The molecule has 0 saturated carbocycles. The number of allylic oxidation sites excluding steroid dienone is 1. The van der Waals surface area contributed by atoms with Crippen molar-refractivity contribution >= 4 is 11.6 Å². The molecule has 1 aliphatic rings. The molecule has 8 nitrogen and oxygen atoms in total. The van der Waals surface area contributed by atoms with Crippen LogP contribution in [-0.2, 0) is 4.79 Å². The predicted molar refractivity (Wildman–Crippen MR) is 115 cm³/mol. The summed E-state index contributed by atoms with van der Waals surface area (Å²) >= 11 is 0. The Morgan fingerprint density at radius 3 is 2.58 bits per heavy atom. The third kappa shape index (κ3) is 3.81. The van der Waals surface area contributed by atoms with Crippen molar-refractivity contribution in [1.82, 2.24) is 10.2 Å². The summed E-state index contributed by atoms with van der Waals surface area (Å²) in [5, 5.41) is 19.9. The summed E-state index contributed by atoms with van der Waals surface area (Å²) in [7, 11) is 0. The van der Waals surface area contributed by atoms with Gasteiger partial charge in [0.05, 0.1) is 23.8 Å². The van der Waals surface area contributed by atoms with Crippen molar-refractivity contribution in [2.45, 2.75) is 19.8 Å². The normalized spacial score (nSPS) is 14.9. The van der Waals surface area contributed by atoms with E-state index in [1.165, 1.54) is 6.92 Å². The maximum absolute atomic E-state index is 11.3. The molecule has 8 heteroatoms. The van der Waals surface area contributed by atoms with Crippen LogP contribution in [-0.4, -0.2) is 22.7 Å². The minimum Gasteiger partial charge on any atom is -0.494 e. The van der Waals surface area contributed by atoms with Crippen LogP contribution in [0.4, 0.5) is 5.69 Å². The lowest BCUT2D eigenvalue weighted by atomic mass is 9.83. The number of benzene rings is 2. The zero-order valence-electron chi connectivity index (χ0n) is 17.1. The second kappa shape index (κ2) is 8.24. The van der Waals surface area contributed by atoms with Crippen LogP contribution in [0.5, 0.6) is 11.6 Å². The van der Waals surface area contributed by atoms with Gasteiger partial charge in [-0.1, -0.05) is 12.1 Å². The van der Waals surface area contributed by atoms with Crippen LogP contribution in [0.2, 0.25) is 0 Å². The molecule has 4 N–H and O–H groups in total. The molecule has 1 amide bonds. The number of aromatic amines is 1. The Bertz CT molecular complexity index is 1190. The number of nitrogens with two attached hydrogens (primary N) is 1. The SMILES string of the molecule is CCOc1ccc(-c2[nH]nc3c2[C@@H](c2ccc(NC(C)=O)cc2)C(C#N)=C(N)O3)cc1. The highest BCUT2D eigenvalue weighted by Gasteiger charge is 2.35. The van der Waals surface area contributed by atoms with Crippen LogP contribution in [0.1, 0.15) is 30.9 Å². The second-order valence-electron chi connectivity index (χ2n) is 7.00. The largest absolute Gasteiger partial charge is 0.494 e. The molecular weight excluding hydrogens is 394 g/mol. The van der Waals surface area contributed by atoms with Gasteiger partial charge in [0, 0.05) is 18.2 Å². The Hall–Kier alpha value is -4.25. The molecule has 0 unspecified atom stereocenters. The summed E-state index contributed by atoms with van der Waals surface area (Å²) in [6.45, 7) is 3.96. The lowest BCUT2D eigenvalue weighted by molar-refractivity contribution is -0.114. The molecule has 156 valence electrons. The van der Waals surface area contributed by atoms with Crippen LogP contribution in [0.25, 0.3) is 11.3 Å². The molecular formula is C23H21N5O3. The first-order valence-electron chi connectivity index (χ1n) is 9.78. The minimum atomic E-state index is -0.472. The van der Waals surface area contributed by atoms with Gasteiger partial charge in [0.2, 0.25) is 17.7 Å². The summed E-state index contributed by atoms with van der Waals surface area (Å²) in [4.78, 5) is 11.3. The van der Waals surface area contributed by atoms with Gasteiger partial charge in [-0.25, -0.2) is 0 Å². The molecule has 1 atom stereocenters. The van der Waals surface area contributed by atoms with Crippen molar-refractivity contribution in [3.8, 4) is 29.0 Å². The Morgan fingerprint density at radius 2 is 1.97 bits per heavy atom. The standard InChI is InChI=1S/C23H21N5O3/c1-3-30-17-10-6-15(7-11-17)21-20-19(14-4-8-16(9-5-14)26-13(2)29)18(12-24)22(25)31-23(20)28-27-21/h4-11,19H,3,25H2,1-2H3,(H,26,29)(H,27,28)/t19-/m0/s1. The fourth-order valence-electron chi connectivity index (χ4n) is 3.65. The van der Waals surface area contributed by atoms with Gasteiger partial charge in [0.15, 0.2) is 0 Å². The van der Waals surface area contributed by atoms with Crippen LogP contribution in [0.3, 0.4) is 0 Å². The fourth-order valence-corrected chi connectivity index (χ4v) is 3.65. The van der Waals surface area contributed by atoms with Crippen LogP contribution in [0, 0.1) is 11.3 Å². The third-order valence-corrected chi connectivity index (χ3v) is 4.96. The van der Waals surface area contributed by atoms with Crippen molar-refractivity contribution in [3.05, 3.63) is 71.1 Å². The first kappa shape index (κ1) is 20.0. The van der Waals surface area contributed by atoms with E-state index in [1.54, 1.807) is 12.1 Å². The third-order valence-electron chi connectivity index (χ3n) is 4.96. The number of rotatable bonds is 5. The number of anilines is 1. The van der Waals surface area contributed by atoms with Crippen LogP contribution in [0.15, 0.2) is 60.0 Å².